The van der Waals surface area contributed by atoms with Gasteiger partial charge in [-0.15, -0.1) is 0 Å². The van der Waals surface area contributed by atoms with E-state index in [9.17, 15) is 13.2 Å². The lowest BCUT2D eigenvalue weighted by atomic mass is 10.3. The SMILES string of the molecule is Cc1cc(NS(=O)(=O)c2ccc3[nH]c(=O)[nH]c3c2)ccn1. The Morgan fingerprint density at radius 1 is 1.10 bits per heavy atom. The zero-order chi connectivity index (χ0) is 15.0. The summed E-state index contributed by atoms with van der Waals surface area (Å²) in [5.41, 5.74) is 1.76. The molecule has 8 heteroatoms. The molecule has 3 rings (SSSR count). The third-order valence-corrected chi connectivity index (χ3v) is 4.33. The summed E-state index contributed by atoms with van der Waals surface area (Å²) >= 11 is 0. The number of anilines is 1. The van der Waals surface area contributed by atoms with Gasteiger partial charge in [0.2, 0.25) is 0 Å². The zero-order valence-corrected chi connectivity index (χ0v) is 11.9. The Labute approximate surface area is 120 Å². The summed E-state index contributed by atoms with van der Waals surface area (Å²) in [5.74, 6) is 0. The first kappa shape index (κ1) is 13.4. The van der Waals surface area contributed by atoms with E-state index in [1.54, 1.807) is 25.1 Å². The molecule has 0 bridgehead atoms. The van der Waals surface area contributed by atoms with E-state index in [1.165, 1.54) is 18.3 Å². The van der Waals surface area contributed by atoms with Gasteiger partial charge >= 0.3 is 5.69 Å². The highest BCUT2D eigenvalue weighted by molar-refractivity contribution is 7.92. The second-order valence-electron chi connectivity index (χ2n) is 4.58. The molecule has 0 saturated heterocycles. The Morgan fingerprint density at radius 2 is 1.86 bits per heavy atom. The number of aromatic nitrogens is 3. The third-order valence-electron chi connectivity index (χ3n) is 2.95. The minimum atomic E-state index is -3.73. The molecule has 0 aliphatic heterocycles. The van der Waals surface area contributed by atoms with Gasteiger partial charge in [-0.3, -0.25) is 9.71 Å². The number of rotatable bonds is 3. The normalized spacial score (nSPS) is 11.7. The molecule has 0 aliphatic carbocycles. The Kier molecular flexibility index (Phi) is 3.02. The van der Waals surface area contributed by atoms with Crippen molar-refractivity contribution in [2.45, 2.75) is 11.8 Å². The number of aryl methyl sites for hydroxylation is 1. The van der Waals surface area contributed by atoms with Crippen LogP contribution < -0.4 is 10.4 Å². The highest BCUT2D eigenvalue weighted by Gasteiger charge is 2.15. The lowest BCUT2D eigenvalue weighted by Gasteiger charge is -2.08. The fourth-order valence-electron chi connectivity index (χ4n) is 2.00. The van der Waals surface area contributed by atoms with Gasteiger partial charge in [0, 0.05) is 11.9 Å². The van der Waals surface area contributed by atoms with Gasteiger partial charge in [0.1, 0.15) is 0 Å². The van der Waals surface area contributed by atoms with E-state index < -0.39 is 10.0 Å². The molecule has 0 saturated carbocycles. The van der Waals surface area contributed by atoms with Crippen molar-refractivity contribution in [3.8, 4) is 0 Å². The van der Waals surface area contributed by atoms with Crippen LogP contribution in [0.25, 0.3) is 11.0 Å². The fourth-order valence-corrected chi connectivity index (χ4v) is 3.08. The summed E-state index contributed by atoms with van der Waals surface area (Å²) in [7, 11) is -3.73. The molecule has 0 unspecified atom stereocenters. The number of fused-ring (bicyclic) bond motifs is 1. The molecule has 21 heavy (non-hydrogen) atoms. The highest BCUT2D eigenvalue weighted by Crippen LogP contribution is 2.19. The first-order chi connectivity index (χ1) is 9.94. The minimum Gasteiger partial charge on any atom is -0.306 e. The molecule has 7 nitrogen and oxygen atoms in total. The topological polar surface area (TPSA) is 108 Å². The largest absolute Gasteiger partial charge is 0.323 e. The molecule has 3 N–H and O–H groups in total. The van der Waals surface area contributed by atoms with E-state index in [4.69, 9.17) is 0 Å². The van der Waals surface area contributed by atoms with Gasteiger partial charge in [-0.2, -0.15) is 0 Å². The molecule has 0 radical (unpaired) electrons. The van der Waals surface area contributed by atoms with E-state index in [0.29, 0.717) is 22.4 Å². The van der Waals surface area contributed by atoms with Gasteiger partial charge in [0.05, 0.1) is 21.6 Å². The van der Waals surface area contributed by atoms with E-state index in [2.05, 4.69) is 19.7 Å². The van der Waals surface area contributed by atoms with Gasteiger partial charge < -0.3 is 9.97 Å². The molecule has 108 valence electrons. The van der Waals surface area contributed by atoms with E-state index in [-0.39, 0.29) is 10.6 Å². The van der Waals surface area contributed by atoms with Crippen LogP contribution in [-0.2, 0) is 10.0 Å². The third kappa shape index (κ3) is 2.65. The molecule has 2 aromatic heterocycles. The summed E-state index contributed by atoms with van der Waals surface area (Å²) in [4.78, 5) is 20.4. The van der Waals surface area contributed by atoms with E-state index in [0.717, 1.165) is 0 Å². The smallest absolute Gasteiger partial charge is 0.306 e. The minimum absolute atomic E-state index is 0.0692. The molecular weight excluding hydrogens is 292 g/mol. The van der Waals surface area contributed by atoms with Gasteiger partial charge in [-0.05, 0) is 37.3 Å². The number of pyridine rings is 1. The maximum absolute atomic E-state index is 12.3. The number of hydrogen-bond donors (Lipinski definition) is 3. The predicted octanol–water partition coefficient (Wildman–Crippen LogP) is 1.36. The molecule has 0 fully saturated rings. The predicted molar refractivity (Wildman–Crippen MR) is 78.7 cm³/mol. The molecule has 3 aromatic rings. The molecule has 2 heterocycles. The first-order valence-electron chi connectivity index (χ1n) is 6.11. The number of nitrogens with zero attached hydrogens (tertiary/aromatic N) is 1. The quantitative estimate of drug-likeness (QED) is 0.679. The van der Waals surface area contributed by atoms with Crippen LogP contribution in [0.2, 0.25) is 0 Å². The number of sulfonamides is 1. The summed E-state index contributed by atoms with van der Waals surface area (Å²) in [5, 5.41) is 0. The van der Waals surface area contributed by atoms with Crippen molar-refractivity contribution in [3.05, 3.63) is 52.7 Å². The molecule has 0 aliphatic rings. The lowest BCUT2D eigenvalue weighted by molar-refractivity contribution is 0.601. The van der Waals surface area contributed by atoms with Crippen LogP contribution in [0.15, 0.2) is 46.2 Å². The van der Waals surface area contributed by atoms with Crippen LogP contribution in [0.3, 0.4) is 0 Å². The van der Waals surface area contributed by atoms with Crippen molar-refractivity contribution in [1.29, 1.82) is 0 Å². The average molecular weight is 304 g/mol. The number of nitrogens with one attached hydrogen (secondary N) is 3. The number of H-pyrrole nitrogens is 2. The van der Waals surface area contributed by atoms with Crippen molar-refractivity contribution < 1.29 is 8.42 Å². The lowest BCUT2D eigenvalue weighted by Crippen LogP contribution is -2.13. The number of hydrogen-bond acceptors (Lipinski definition) is 4. The monoisotopic (exact) mass is 304 g/mol. The Hall–Kier alpha value is -2.61. The van der Waals surface area contributed by atoms with Crippen LogP contribution >= 0.6 is 0 Å². The Balaban J connectivity index is 2.01. The van der Waals surface area contributed by atoms with E-state index in [1.807, 2.05) is 0 Å². The maximum atomic E-state index is 12.3. The van der Waals surface area contributed by atoms with Crippen molar-refractivity contribution in [1.82, 2.24) is 15.0 Å². The molecule has 0 atom stereocenters. The van der Waals surface area contributed by atoms with Crippen molar-refractivity contribution in [2.75, 3.05) is 4.72 Å². The van der Waals surface area contributed by atoms with Crippen molar-refractivity contribution >= 4 is 26.7 Å². The van der Waals surface area contributed by atoms with Gasteiger partial charge in [-0.1, -0.05) is 0 Å². The molecule has 1 aromatic carbocycles. The van der Waals surface area contributed by atoms with Gasteiger partial charge in [-0.25, -0.2) is 13.2 Å². The van der Waals surface area contributed by atoms with Gasteiger partial charge in [0.25, 0.3) is 10.0 Å². The van der Waals surface area contributed by atoms with E-state index >= 15 is 0 Å². The van der Waals surface area contributed by atoms with Gasteiger partial charge in [0.15, 0.2) is 0 Å². The van der Waals surface area contributed by atoms with Crippen LogP contribution in [0.5, 0.6) is 0 Å². The molecular formula is C13H12N4O3S. The Morgan fingerprint density at radius 3 is 2.62 bits per heavy atom. The Bertz CT molecular complexity index is 972. The second kappa shape index (κ2) is 4.74. The van der Waals surface area contributed by atoms with Crippen LogP contribution in [-0.4, -0.2) is 23.4 Å². The van der Waals surface area contributed by atoms with Crippen LogP contribution in [0.1, 0.15) is 5.69 Å². The van der Waals surface area contributed by atoms with Crippen LogP contribution in [0, 0.1) is 6.92 Å². The van der Waals surface area contributed by atoms with Crippen molar-refractivity contribution in [3.63, 3.8) is 0 Å². The summed E-state index contributed by atoms with van der Waals surface area (Å²) in [6.07, 6.45) is 1.53. The van der Waals surface area contributed by atoms with Crippen LogP contribution in [0.4, 0.5) is 5.69 Å². The molecule has 0 spiro atoms. The standard InChI is InChI=1S/C13H12N4O3S/c1-8-6-9(4-5-14-8)17-21(19,20)10-2-3-11-12(7-10)16-13(18)15-11/h2-7H,1H3,(H,14,17)(H2,15,16,18). The molecule has 0 amide bonds. The number of benzene rings is 1. The summed E-state index contributed by atoms with van der Waals surface area (Å²) in [6.45, 7) is 1.77. The number of aromatic amines is 2. The number of imidazole rings is 1. The fraction of sp³-hybridized carbons (Fsp3) is 0.0769. The summed E-state index contributed by atoms with van der Waals surface area (Å²) in [6, 6.07) is 7.58. The second-order valence-corrected chi connectivity index (χ2v) is 6.26. The highest BCUT2D eigenvalue weighted by atomic mass is 32.2. The maximum Gasteiger partial charge on any atom is 0.323 e. The summed E-state index contributed by atoms with van der Waals surface area (Å²) < 4.78 is 27.1. The zero-order valence-electron chi connectivity index (χ0n) is 11.0. The average Bonchev–Trinajstić information content (AvgIpc) is 2.77. The van der Waals surface area contributed by atoms with Crippen molar-refractivity contribution in [2.24, 2.45) is 0 Å². The first-order valence-corrected chi connectivity index (χ1v) is 7.60.